The highest BCUT2D eigenvalue weighted by Crippen LogP contribution is 2.25. The first-order chi connectivity index (χ1) is 11.8. The number of fused-ring (bicyclic) bond motifs is 2. The van der Waals surface area contributed by atoms with Crippen LogP contribution in [-0.2, 0) is 13.0 Å². The first-order valence-electron chi connectivity index (χ1n) is 8.54. The van der Waals surface area contributed by atoms with Gasteiger partial charge >= 0.3 is 0 Å². The second-order valence-corrected chi connectivity index (χ2v) is 6.24. The van der Waals surface area contributed by atoms with Crippen molar-refractivity contribution >= 4 is 21.7 Å². The molecular weight excluding hydrogens is 294 g/mol. The molecule has 0 fully saturated rings. The number of rotatable bonds is 5. The third-order valence-corrected chi connectivity index (χ3v) is 4.48. The Balaban J connectivity index is 1.55. The van der Waals surface area contributed by atoms with Crippen LogP contribution in [0.4, 0.5) is 0 Å². The number of aryl methyl sites for hydroxylation is 1. The Morgan fingerprint density at radius 3 is 2.67 bits per heavy atom. The van der Waals surface area contributed by atoms with Crippen molar-refractivity contribution in [2.45, 2.75) is 26.4 Å². The van der Waals surface area contributed by atoms with Gasteiger partial charge in [0.15, 0.2) is 0 Å². The zero-order chi connectivity index (χ0) is 16.4. The third-order valence-electron chi connectivity index (χ3n) is 4.48. The van der Waals surface area contributed by atoms with E-state index in [0.717, 1.165) is 18.6 Å². The Labute approximate surface area is 142 Å². The summed E-state index contributed by atoms with van der Waals surface area (Å²) in [5.41, 5.74) is 3.73. The van der Waals surface area contributed by atoms with E-state index >= 15 is 0 Å². The molecule has 0 saturated heterocycles. The number of benzene rings is 3. The summed E-state index contributed by atoms with van der Waals surface area (Å²) in [6, 6.07) is 21.2. The maximum Gasteiger partial charge on any atom is 0.120 e. The van der Waals surface area contributed by atoms with Crippen LogP contribution in [0.3, 0.4) is 0 Å². The summed E-state index contributed by atoms with van der Waals surface area (Å²) in [7, 11) is 0. The van der Waals surface area contributed by atoms with E-state index in [-0.39, 0.29) is 0 Å². The van der Waals surface area contributed by atoms with Crippen molar-refractivity contribution in [2.75, 3.05) is 0 Å². The quantitative estimate of drug-likeness (QED) is 0.491. The van der Waals surface area contributed by atoms with Crippen LogP contribution in [0, 0.1) is 0 Å². The fourth-order valence-corrected chi connectivity index (χ4v) is 3.22. The zero-order valence-electron chi connectivity index (χ0n) is 13.9. The molecule has 120 valence electrons. The van der Waals surface area contributed by atoms with Crippen molar-refractivity contribution in [3.05, 3.63) is 78.0 Å². The Kier molecular flexibility index (Phi) is 3.96. The Morgan fingerprint density at radius 2 is 1.79 bits per heavy atom. The SMILES string of the molecule is CCCc1c[nH]c2ccc(OCc3ccc4ccccc4c3)cc12. The van der Waals surface area contributed by atoms with Gasteiger partial charge in [0, 0.05) is 17.1 Å². The van der Waals surface area contributed by atoms with E-state index in [1.54, 1.807) is 0 Å². The average Bonchev–Trinajstić information content (AvgIpc) is 3.02. The largest absolute Gasteiger partial charge is 0.489 e. The molecule has 0 aliphatic rings. The molecule has 0 amide bonds. The highest BCUT2D eigenvalue weighted by atomic mass is 16.5. The molecule has 1 heterocycles. The molecule has 0 atom stereocenters. The van der Waals surface area contributed by atoms with Crippen LogP contribution in [0.25, 0.3) is 21.7 Å². The topological polar surface area (TPSA) is 25.0 Å². The van der Waals surface area contributed by atoms with E-state index in [1.165, 1.54) is 32.8 Å². The van der Waals surface area contributed by atoms with E-state index in [2.05, 4.69) is 72.7 Å². The van der Waals surface area contributed by atoms with Crippen LogP contribution in [0.15, 0.2) is 66.9 Å². The fourth-order valence-electron chi connectivity index (χ4n) is 3.22. The highest BCUT2D eigenvalue weighted by Gasteiger charge is 2.05. The summed E-state index contributed by atoms with van der Waals surface area (Å²) >= 11 is 0. The van der Waals surface area contributed by atoms with Crippen LogP contribution < -0.4 is 4.74 Å². The fraction of sp³-hybridized carbons (Fsp3) is 0.182. The van der Waals surface area contributed by atoms with E-state index in [1.807, 2.05) is 6.07 Å². The second kappa shape index (κ2) is 6.40. The molecule has 0 unspecified atom stereocenters. The molecule has 4 aromatic rings. The van der Waals surface area contributed by atoms with E-state index in [9.17, 15) is 0 Å². The van der Waals surface area contributed by atoms with Gasteiger partial charge in [0.05, 0.1) is 0 Å². The molecule has 3 aromatic carbocycles. The van der Waals surface area contributed by atoms with E-state index in [0.29, 0.717) is 6.61 Å². The number of H-pyrrole nitrogens is 1. The minimum absolute atomic E-state index is 0.587. The predicted octanol–water partition coefficient (Wildman–Crippen LogP) is 5.85. The van der Waals surface area contributed by atoms with Crippen molar-refractivity contribution in [1.82, 2.24) is 4.98 Å². The summed E-state index contributed by atoms with van der Waals surface area (Å²) in [6.07, 6.45) is 4.35. The lowest BCUT2D eigenvalue weighted by molar-refractivity contribution is 0.307. The second-order valence-electron chi connectivity index (χ2n) is 6.24. The van der Waals surface area contributed by atoms with Gasteiger partial charge in [-0.1, -0.05) is 49.7 Å². The number of hydrogen-bond donors (Lipinski definition) is 1. The lowest BCUT2D eigenvalue weighted by Gasteiger charge is -2.08. The number of aromatic nitrogens is 1. The number of hydrogen-bond acceptors (Lipinski definition) is 1. The maximum atomic E-state index is 6.04. The van der Waals surface area contributed by atoms with E-state index < -0.39 is 0 Å². The van der Waals surface area contributed by atoms with E-state index in [4.69, 9.17) is 4.74 Å². The lowest BCUT2D eigenvalue weighted by atomic mass is 10.1. The van der Waals surface area contributed by atoms with Crippen molar-refractivity contribution < 1.29 is 4.74 Å². The molecule has 2 nitrogen and oxygen atoms in total. The standard InChI is InChI=1S/C22H21NO/c1-2-5-19-14-23-22-11-10-20(13-21(19)22)24-15-16-8-9-17-6-3-4-7-18(17)12-16/h3-4,6-14,23H,2,5,15H2,1H3. The molecule has 0 aliphatic heterocycles. The number of ether oxygens (including phenoxy) is 1. The summed E-state index contributed by atoms with van der Waals surface area (Å²) in [4.78, 5) is 3.34. The van der Waals surface area contributed by atoms with Crippen LogP contribution in [0.2, 0.25) is 0 Å². The summed E-state index contributed by atoms with van der Waals surface area (Å²) in [5.74, 6) is 0.924. The normalized spacial score (nSPS) is 11.2. The molecule has 24 heavy (non-hydrogen) atoms. The summed E-state index contributed by atoms with van der Waals surface area (Å²) < 4.78 is 6.04. The molecule has 0 radical (unpaired) electrons. The molecule has 0 aliphatic carbocycles. The molecule has 0 spiro atoms. The van der Waals surface area contributed by atoms with Crippen molar-refractivity contribution in [2.24, 2.45) is 0 Å². The van der Waals surface area contributed by atoms with Crippen molar-refractivity contribution in [1.29, 1.82) is 0 Å². The lowest BCUT2D eigenvalue weighted by Crippen LogP contribution is -1.95. The van der Waals surface area contributed by atoms with Gasteiger partial charge < -0.3 is 9.72 Å². The zero-order valence-corrected chi connectivity index (χ0v) is 13.9. The summed E-state index contributed by atoms with van der Waals surface area (Å²) in [6.45, 7) is 2.79. The number of aromatic amines is 1. The van der Waals surface area contributed by atoms with Crippen LogP contribution in [-0.4, -0.2) is 4.98 Å². The van der Waals surface area contributed by atoms with Crippen molar-refractivity contribution in [3.8, 4) is 5.75 Å². The Morgan fingerprint density at radius 1 is 0.917 bits per heavy atom. The van der Waals surface area contributed by atoms with Crippen LogP contribution in [0.1, 0.15) is 24.5 Å². The molecule has 2 heteroatoms. The van der Waals surface area contributed by atoms with Crippen LogP contribution in [0.5, 0.6) is 5.75 Å². The maximum absolute atomic E-state index is 6.04. The molecule has 0 saturated carbocycles. The number of nitrogens with one attached hydrogen (secondary N) is 1. The van der Waals surface area contributed by atoms with Crippen LogP contribution >= 0.6 is 0 Å². The molecule has 0 bridgehead atoms. The third kappa shape index (κ3) is 2.88. The monoisotopic (exact) mass is 315 g/mol. The van der Waals surface area contributed by atoms with Gasteiger partial charge in [0.25, 0.3) is 0 Å². The van der Waals surface area contributed by atoms with Gasteiger partial charge in [0.1, 0.15) is 12.4 Å². The van der Waals surface area contributed by atoms with Gasteiger partial charge in [-0.05, 0) is 52.6 Å². The predicted molar refractivity (Wildman–Crippen MR) is 101 cm³/mol. The van der Waals surface area contributed by atoms with Gasteiger partial charge in [-0.15, -0.1) is 0 Å². The van der Waals surface area contributed by atoms with Crippen molar-refractivity contribution in [3.63, 3.8) is 0 Å². The van der Waals surface area contributed by atoms with Gasteiger partial charge in [-0.25, -0.2) is 0 Å². The highest BCUT2D eigenvalue weighted by molar-refractivity contribution is 5.85. The minimum Gasteiger partial charge on any atom is -0.489 e. The smallest absolute Gasteiger partial charge is 0.120 e. The molecule has 1 aromatic heterocycles. The average molecular weight is 315 g/mol. The Bertz CT molecular complexity index is 984. The van der Waals surface area contributed by atoms with Gasteiger partial charge in [0.2, 0.25) is 0 Å². The molecule has 1 N–H and O–H groups in total. The molecular formula is C22H21NO. The van der Waals surface area contributed by atoms with Gasteiger partial charge in [-0.2, -0.15) is 0 Å². The minimum atomic E-state index is 0.587. The Hall–Kier alpha value is -2.74. The summed E-state index contributed by atoms with van der Waals surface area (Å²) in [5, 5.41) is 3.79. The first kappa shape index (κ1) is 14.8. The molecule has 4 rings (SSSR count). The van der Waals surface area contributed by atoms with Gasteiger partial charge in [-0.3, -0.25) is 0 Å². The first-order valence-corrected chi connectivity index (χ1v) is 8.54.